The Bertz CT molecular complexity index is 356. The summed E-state index contributed by atoms with van der Waals surface area (Å²) in [6.07, 6.45) is 3.02. The van der Waals surface area contributed by atoms with Crippen LogP contribution >= 0.6 is 11.8 Å². The van der Waals surface area contributed by atoms with Crippen LogP contribution in [0.25, 0.3) is 0 Å². The number of carbonyl (C=O) groups is 1. The Kier molecular flexibility index (Phi) is 5.99. The van der Waals surface area contributed by atoms with Crippen LogP contribution < -0.4 is 5.73 Å². The molecule has 1 aromatic rings. The summed E-state index contributed by atoms with van der Waals surface area (Å²) < 4.78 is 1.74. The van der Waals surface area contributed by atoms with Crippen molar-refractivity contribution in [1.82, 2.24) is 15.0 Å². The number of carboxylic acid groups (broad SMARTS) is 1. The van der Waals surface area contributed by atoms with Gasteiger partial charge < -0.3 is 10.8 Å². The Hall–Kier alpha value is -1.08. The van der Waals surface area contributed by atoms with Gasteiger partial charge in [-0.05, 0) is 17.9 Å². The van der Waals surface area contributed by atoms with Crippen LogP contribution in [0.2, 0.25) is 0 Å². The van der Waals surface area contributed by atoms with Crippen molar-refractivity contribution >= 4 is 17.7 Å². The van der Waals surface area contributed by atoms with Gasteiger partial charge in [-0.1, -0.05) is 12.1 Å². The predicted molar refractivity (Wildman–Crippen MR) is 67.0 cm³/mol. The zero-order valence-corrected chi connectivity index (χ0v) is 10.7. The van der Waals surface area contributed by atoms with Gasteiger partial charge >= 0.3 is 5.97 Å². The molecule has 3 N–H and O–H groups in total. The minimum absolute atomic E-state index is 0.221. The van der Waals surface area contributed by atoms with E-state index in [0.717, 1.165) is 24.5 Å². The first-order valence-electron chi connectivity index (χ1n) is 5.58. The molecule has 0 saturated carbocycles. The summed E-state index contributed by atoms with van der Waals surface area (Å²) in [5.74, 6) is 1.20. The van der Waals surface area contributed by atoms with Crippen LogP contribution in [-0.4, -0.2) is 43.6 Å². The first-order chi connectivity index (χ1) is 8.13. The van der Waals surface area contributed by atoms with Crippen LogP contribution in [0.3, 0.4) is 0 Å². The molecular formula is C10H18N4O2S. The standard InChI is InChI=1S/C10H18N4O2S/c1-2-17-5-3-4-14-7-8(12-13-14)6-9(11)10(15)16/h7,9H,2-6,11H2,1H3,(H,15,16). The largest absolute Gasteiger partial charge is 0.480 e. The number of carboxylic acids is 1. The molecule has 0 aliphatic heterocycles. The molecule has 1 aromatic heterocycles. The molecule has 0 aliphatic rings. The summed E-state index contributed by atoms with van der Waals surface area (Å²) in [5, 5.41) is 16.5. The number of aromatic nitrogens is 3. The van der Waals surface area contributed by atoms with E-state index in [9.17, 15) is 4.79 Å². The number of aliphatic carboxylic acids is 1. The van der Waals surface area contributed by atoms with E-state index < -0.39 is 12.0 Å². The topological polar surface area (TPSA) is 94.0 Å². The number of rotatable bonds is 8. The van der Waals surface area contributed by atoms with E-state index in [4.69, 9.17) is 10.8 Å². The summed E-state index contributed by atoms with van der Waals surface area (Å²) in [6.45, 7) is 2.94. The lowest BCUT2D eigenvalue weighted by Crippen LogP contribution is -2.32. The van der Waals surface area contributed by atoms with Crippen LogP contribution in [0.5, 0.6) is 0 Å². The van der Waals surface area contributed by atoms with Crippen LogP contribution in [-0.2, 0) is 17.8 Å². The second-order valence-corrected chi connectivity index (χ2v) is 5.07. The summed E-state index contributed by atoms with van der Waals surface area (Å²) in [5.41, 5.74) is 6.05. The van der Waals surface area contributed by atoms with E-state index >= 15 is 0 Å². The second kappa shape index (κ2) is 7.29. The molecule has 1 atom stereocenters. The highest BCUT2D eigenvalue weighted by Crippen LogP contribution is 2.03. The third-order valence-electron chi connectivity index (χ3n) is 2.21. The smallest absolute Gasteiger partial charge is 0.320 e. The number of hydrogen-bond donors (Lipinski definition) is 2. The molecule has 0 aromatic carbocycles. The molecule has 7 heteroatoms. The summed E-state index contributed by atoms with van der Waals surface area (Å²) >= 11 is 1.89. The molecule has 0 bridgehead atoms. The van der Waals surface area contributed by atoms with Crippen LogP contribution in [0, 0.1) is 0 Å². The van der Waals surface area contributed by atoms with Gasteiger partial charge in [0.25, 0.3) is 0 Å². The van der Waals surface area contributed by atoms with Crippen molar-refractivity contribution < 1.29 is 9.90 Å². The molecule has 6 nitrogen and oxygen atoms in total. The van der Waals surface area contributed by atoms with Gasteiger partial charge in [-0.2, -0.15) is 11.8 Å². The average molecular weight is 258 g/mol. The summed E-state index contributed by atoms with van der Waals surface area (Å²) in [6, 6.07) is -0.907. The van der Waals surface area contributed by atoms with Gasteiger partial charge in [-0.25, -0.2) is 0 Å². The van der Waals surface area contributed by atoms with Crippen LogP contribution in [0.4, 0.5) is 0 Å². The predicted octanol–water partition coefficient (Wildman–Crippen LogP) is 0.376. The fourth-order valence-electron chi connectivity index (χ4n) is 1.33. The van der Waals surface area contributed by atoms with Gasteiger partial charge in [0.15, 0.2) is 0 Å². The zero-order valence-electron chi connectivity index (χ0n) is 9.87. The average Bonchev–Trinajstić information content (AvgIpc) is 2.72. The number of thioether (sulfide) groups is 1. The SMILES string of the molecule is CCSCCCn1cc(CC(N)C(=O)O)nn1. The number of hydrogen-bond acceptors (Lipinski definition) is 5. The Morgan fingerprint density at radius 1 is 1.71 bits per heavy atom. The molecular weight excluding hydrogens is 240 g/mol. The molecule has 0 amide bonds. The van der Waals surface area contributed by atoms with Crippen LogP contribution in [0.1, 0.15) is 19.0 Å². The van der Waals surface area contributed by atoms with Gasteiger partial charge in [0.05, 0.1) is 5.69 Å². The van der Waals surface area contributed by atoms with Gasteiger partial charge in [-0.3, -0.25) is 9.48 Å². The number of nitrogens with two attached hydrogens (primary N) is 1. The van der Waals surface area contributed by atoms with E-state index in [0.29, 0.717) is 5.69 Å². The maximum Gasteiger partial charge on any atom is 0.320 e. The highest BCUT2D eigenvalue weighted by Gasteiger charge is 2.14. The minimum Gasteiger partial charge on any atom is -0.480 e. The van der Waals surface area contributed by atoms with E-state index in [-0.39, 0.29) is 6.42 Å². The normalized spacial score (nSPS) is 12.6. The molecule has 0 fully saturated rings. The summed E-state index contributed by atoms with van der Waals surface area (Å²) in [7, 11) is 0. The van der Waals surface area contributed by atoms with Gasteiger partial charge in [0, 0.05) is 19.2 Å². The molecule has 1 heterocycles. The van der Waals surface area contributed by atoms with E-state index in [1.807, 2.05) is 11.8 Å². The van der Waals surface area contributed by atoms with E-state index in [1.165, 1.54) is 0 Å². The molecule has 96 valence electrons. The Balaban J connectivity index is 2.34. The van der Waals surface area contributed by atoms with Gasteiger partial charge in [-0.15, -0.1) is 5.10 Å². The number of aryl methyl sites for hydroxylation is 1. The van der Waals surface area contributed by atoms with Crippen molar-refractivity contribution in [1.29, 1.82) is 0 Å². The molecule has 0 aliphatic carbocycles. The van der Waals surface area contributed by atoms with E-state index in [2.05, 4.69) is 17.2 Å². The third-order valence-corrected chi connectivity index (χ3v) is 3.20. The minimum atomic E-state index is -1.01. The molecule has 1 rings (SSSR count). The lowest BCUT2D eigenvalue weighted by molar-refractivity contribution is -0.138. The monoisotopic (exact) mass is 258 g/mol. The second-order valence-electron chi connectivity index (χ2n) is 3.67. The van der Waals surface area contributed by atoms with E-state index in [1.54, 1.807) is 10.9 Å². The maximum atomic E-state index is 10.6. The van der Waals surface area contributed by atoms with Gasteiger partial charge in [0.1, 0.15) is 6.04 Å². The highest BCUT2D eigenvalue weighted by atomic mass is 32.2. The van der Waals surface area contributed by atoms with Crippen LogP contribution in [0.15, 0.2) is 6.20 Å². The fraction of sp³-hybridized carbons (Fsp3) is 0.700. The van der Waals surface area contributed by atoms with Crippen molar-refractivity contribution in [3.8, 4) is 0 Å². The first kappa shape index (κ1) is 14.0. The Morgan fingerprint density at radius 2 is 2.47 bits per heavy atom. The molecule has 1 unspecified atom stereocenters. The Labute approximate surface area is 105 Å². The Morgan fingerprint density at radius 3 is 3.12 bits per heavy atom. The molecule has 17 heavy (non-hydrogen) atoms. The van der Waals surface area contributed by atoms with Crippen molar-refractivity contribution in [3.05, 3.63) is 11.9 Å². The lowest BCUT2D eigenvalue weighted by Gasteiger charge is -2.01. The van der Waals surface area contributed by atoms with Gasteiger partial charge in [0.2, 0.25) is 0 Å². The lowest BCUT2D eigenvalue weighted by atomic mass is 10.2. The maximum absolute atomic E-state index is 10.6. The molecule has 0 spiro atoms. The summed E-state index contributed by atoms with van der Waals surface area (Å²) in [4.78, 5) is 10.6. The zero-order chi connectivity index (χ0) is 12.7. The van der Waals surface area contributed by atoms with Crippen molar-refractivity contribution in [2.75, 3.05) is 11.5 Å². The quantitative estimate of drug-likeness (QED) is 0.654. The first-order valence-corrected chi connectivity index (χ1v) is 6.74. The van der Waals surface area contributed by atoms with Crippen molar-refractivity contribution in [2.24, 2.45) is 5.73 Å². The number of nitrogens with zero attached hydrogens (tertiary/aromatic N) is 3. The van der Waals surface area contributed by atoms with Crippen molar-refractivity contribution in [3.63, 3.8) is 0 Å². The molecule has 0 radical (unpaired) electrons. The fourth-order valence-corrected chi connectivity index (χ4v) is 1.95. The third kappa shape index (κ3) is 5.18. The van der Waals surface area contributed by atoms with Crippen molar-refractivity contribution in [2.45, 2.75) is 32.4 Å². The molecule has 0 saturated heterocycles. The highest BCUT2D eigenvalue weighted by molar-refractivity contribution is 7.99.